The average Bonchev–Trinajstić information content (AvgIpc) is 3.39. The highest BCUT2D eigenvalue weighted by molar-refractivity contribution is 7.12. The maximum atomic E-state index is 9.47. The van der Waals surface area contributed by atoms with Crippen LogP contribution in [0.5, 0.6) is 17.2 Å². The number of fused-ring (bicyclic) bond motifs is 1. The summed E-state index contributed by atoms with van der Waals surface area (Å²) in [6.45, 7) is 2.77. The first kappa shape index (κ1) is 17.8. The first-order valence-electron chi connectivity index (χ1n) is 8.59. The molecule has 0 amide bonds. The summed E-state index contributed by atoms with van der Waals surface area (Å²) < 4.78 is 16.1. The Labute approximate surface area is 165 Å². The number of nitrogens with one attached hydrogen (secondary N) is 1. The molecule has 28 heavy (non-hydrogen) atoms. The largest absolute Gasteiger partial charge is 0.494 e. The van der Waals surface area contributed by atoms with E-state index in [-0.39, 0.29) is 12.5 Å². The van der Waals surface area contributed by atoms with Crippen molar-refractivity contribution in [2.24, 2.45) is 5.10 Å². The van der Waals surface area contributed by atoms with Crippen LogP contribution in [0.4, 0.5) is 5.69 Å². The van der Waals surface area contributed by atoms with Crippen LogP contribution in [0.1, 0.15) is 11.9 Å². The minimum atomic E-state index is 0.214. The van der Waals surface area contributed by atoms with Crippen LogP contribution in [-0.4, -0.2) is 24.1 Å². The van der Waals surface area contributed by atoms with Gasteiger partial charge in [0.05, 0.1) is 18.0 Å². The number of hydrazone groups is 1. The summed E-state index contributed by atoms with van der Waals surface area (Å²) in [6, 6.07) is 15.1. The maximum absolute atomic E-state index is 9.47. The van der Waals surface area contributed by atoms with Crippen molar-refractivity contribution in [2.45, 2.75) is 6.92 Å². The molecule has 0 radical (unpaired) electrons. The Morgan fingerprint density at radius 2 is 2.07 bits per heavy atom. The summed E-state index contributed by atoms with van der Waals surface area (Å²) >= 11 is 1.36. The van der Waals surface area contributed by atoms with E-state index in [2.05, 4.69) is 21.6 Å². The fourth-order valence-electron chi connectivity index (χ4n) is 2.60. The average molecular weight is 392 g/mol. The fourth-order valence-corrected chi connectivity index (χ4v) is 3.37. The van der Waals surface area contributed by atoms with Crippen molar-refractivity contribution in [3.8, 4) is 34.6 Å². The normalized spacial score (nSPS) is 12.5. The molecule has 7 nitrogen and oxygen atoms in total. The highest BCUT2D eigenvalue weighted by Crippen LogP contribution is 2.36. The van der Waals surface area contributed by atoms with Gasteiger partial charge < -0.3 is 14.2 Å². The fraction of sp³-hybridized carbons (Fsp3) is 0.150. The quantitative estimate of drug-likeness (QED) is 0.498. The molecule has 1 aliphatic heterocycles. The number of hydrogen-bond acceptors (Lipinski definition) is 8. The molecule has 1 aromatic heterocycles. The van der Waals surface area contributed by atoms with E-state index < -0.39 is 0 Å². The lowest BCUT2D eigenvalue weighted by Gasteiger charge is -2.04. The number of rotatable bonds is 6. The highest BCUT2D eigenvalue weighted by Gasteiger charge is 2.16. The van der Waals surface area contributed by atoms with Gasteiger partial charge in [-0.25, -0.2) is 4.98 Å². The molecular formula is C20H16N4O3S. The van der Waals surface area contributed by atoms with Gasteiger partial charge in [0.15, 0.2) is 22.2 Å². The van der Waals surface area contributed by atoms with Gasteiger partial charge in [0.2, 0.25) is 6.79 Å². The van der Waals surface area contributed by atoms with E-state index in [4.69, 9.17) is 14.2 Å². The first-order valence-corrected chi connectivity index (χ1v) is 9.47. The summed E-state index contributed by atoms with van der Waals surface area (Å²) in [6.07, 6.45) is 0. The van der Waals surface area contributed by atoms with Gasteiger partial charge in [-0.05, 0) is 49.4 Å². The molecule has 4 rings (SSSR count). The maximum Gasteiger partial charge on any atom is 0.231 e. The SMILES string of the molecule is CCOc1ccc(NN=C(C#N)c2nc(-c3ccc4c(c3)OCO4)cs2)cc1. The standard InChI is InChI=1S/C20H16N4O3S/c1-2-25-15-6-4-14(5-7-15)23-24-16(10-21)20-22-17(11-28-20)13-3-8-18-19(9-13)27-12-26-18/h3-9,11,23H,2,12H2,1H3. The molecule has 0 unspecified atom stereocenters. The van der Waals surface area contributed by atoms with Crippen LogP contribution in [0, 0.1) is 11.3 Å². The Morgan fingerprint density at radius 3 is 2.86 bits per heavy atom. The van der Waals surface area contributed by atoms with E-state index in [1.54, 1.807) is 0 Å². The van der Waals surface area contributed by atoms with Crippen molar-refractivity contribution in [2.75, 3.05) is 18.8 Å². The number of benzene rings is 2. The second kappa shape index (κ2) is 7.98. The van der Waals surface area contributed by atoms with E-state index in [0.29, 0.717) is 17.4 Å². The number of hydrogen-bond donors (Lipinski definition) is 1. The lowest BCUT2D eigenvalue weighted by molar-refractivity contribution is 0.174. The van der Waals surface area contributed by atoms with Crippen LogP contribution >= 0.6 is 11.3 Å². The predicted molar refractivity (Wildman–Crippen MR) is 107 cm³/mol. The lowest BCUT2D eigenvalue weighted by Crippen LogP contribution is -2.01. The Morgan fingerprint density at radius 1 is 1.25 bits per heavy atom. The Balaban J connectivity index is 1.51. The van der Waals surface area contributed by atoms with Crippen LogP contribution in [0.2, 0.25) is 0 Å². The van der Waals surface area contributed by atoms with Gasteiger partial charge in [0, 0.05) is 10.9 Å². The van der Waals surface area contributed by atoms with E-state index in [1.165, 1.54) is 11.3 Å². The summed E-state index contributed by atoms with van der Waals surface area (Å²) in [5, 5.41) is 16.1. The third-order valence-electron chi connectivity index (χ3n) is 3.94. The van der Waals surface area contributed by atoms with Gasteiger partial charge in [-0.1, -0.05) is 0 Å². The van der Waals surface area contributed by atoms with Crippen molar-refractivity contribution >= 4 is 22.7 Å². The number of ether oxygens (including phenoxy) is 3. The van der Waals surface area contributed by atoms with Gasteiger partial charge in [0.25, 0.3) is 0 Å². The topological polar surface area (TPSA) is 88.8 Å². The smallest absolute Gasteiger partial charge is 0.231 e. The number of nitrogens with zero attached hydrogens (tertiary/aromatic N) is 3. The van der Waals surface area contributed by atoms with Crippen LogP contribution in [0.3, 0.4) is 0 Å². The first-order chi connectivity index (χ1) is 13.8. The van der Waals surface area contributed by atoms with Gasteiger partial charge in [-0.15, -0.1) is 11.3 Å². The molecule has 140 valence electrons. The van der Waals surface area contributed by atoms with Crippen LogP contribution in [0.25, 0.3) is 11.3 Å². The zero-order chi connectivity index (χ0) is 19.3. The highest BCUT2D eigenvalue weighted by atomic mass is 32.1. The molecule has 1 aliphatic rings. The van der Waals surface area contributed by atoms with E-state index in [0.717, 1.165) is 28.4 Å². The molecular weight excluding hydrogens is 376 g/mol. The molecule has 0 spiro atoms. The lowest BCUT2D eigenvalue weighted by atomic mass is 10.1. The Bertz CT molecular complexity index is 1050. The van der Waals surface area contributed by atoms with Crippen LogP contribution < -0.4 is 19.6 Å². The number of thiazole rings is 1. The summed E-state index contributed by atoms with van der Waals surface area (Å²) in [5.41, 5.74) is 5.50. The molecule has 3 aromatic rings. The summed E-state index contributed by atoms with van der Waals surface area (Å²) in [5.74, 6) is 2.20. The van der Waals surface area contributed by atoms with Crippen molar-refractivity contribution in [3.05, 3.63) is 52.9 Å². The molecule has 0 aliphatic carbocycles. The second-order valence-electron chi connectivity index (χ2n) is 5.75. The van der Waals surface area contributed by atoms with Crippen LogP contribution in [0.15, 0.2) is 52.9 Å². The van der Waals surface area contributed by atoms with Crippen molar-refractivity contribution in [1.82, 2.24) is 4.98 Å². The monoisotopic (exact) mass is 392 g/mol. The Kier molecular flexibility index (Phi) is 5.08. The van der Waals surface area contributed by atoms with E-state index >= 15 is 0 Å². The summed E-state index contributed by atoms with van der Waals surface area (Å²) in [4.78, 5) is 4.54. The van der Waals surface area contributed by atoms with Gasteiger partial charge in [0.1, 0.15) is 11.8 Å². The third kappa shape index (κ3) is 3.75. The summed E-state index contributed by atoms with van der Waals surface area (Å²) in [7, 11) is 0. The third-order valence-corrected chi connectivity index (χ3v) is 4.79. The van der Waals surface area contributed by atoms with Crippen molar-refractivity contribution in [3.63, 3.8) is 0 Å². The molecule has 0 atom stereocenters. The van der Waals surface area contributed by atoms with Gasteiger partial charge in [-0.3, -0.25) is 5.43 Å². The van der Waals surface area contributed by atoms with E-state index in [1.807, 2.05) is 54.8 Å². The van der Waals surface area contributed by atoms with Crippen molar-refractivity contribution < 1.29 is 14.2 Å². The number of aromatic nitrogens is 1. The van der Waals surface area contributed by atoms with Gasteiger partial charge >= 0.3 is 0 Å². The molecule has 0 bridgehead atoms. The molecule has 2 aromatic carbocycles. The van der Waals surface area contributed by atoms with Gasteiger partial charge in [-0.2, -0.15) is 10.4 Å². The van der Waals surface area contributed by atoms with Crippen molar-refractivity contribution in [1.29, 1.82) is 5.26 Å². The molecule has 0 saturated carbocycles. The minimum Gasteiger partial charge on any atom is -0.494 e. The molecule has 8 heteroatoms. The predicted octanol–water partition coefficient (Wildman–Crippen LogP) is 4.28. The van der Waals surface area contributed by atoms with E-state index in [9.17, 15) is 5.26 Å². The molecule has 0 fully saturated rings. The minimum absolute atomic E-state index is 0.214. The number of nitriles is 1. The molecule has 0 saturated heterocycles. The Hall–Kier alpha value is -3.57. The zero-order valence-corrected chi connectivity index (χ0v) is 15.8. The van der Waals surface area contributed by atoms with Crippen LogP contribution in [-0.2, 0) is 0 Å². The molecule has 2 heterocycles. The second-order valence-corrected chi connectivity index (χ2v) is 6.61. The molecule has 1 N–H and O–H groups in total. The zero-order valence-electron chi connectivity index (χ0n) is 15.0. The number of anilines is 1.